The molecule has 21 heavy (non-hydrogen) atoms. The minimum atomic E-state index is -0.328. The number of para-hydroxylation sites is 1. The molecule has 2 aromatic rings. The lowest BCUT2D eigenvalue weighted by Gasteiger charge is -2.11. The molecule has 3 N–H and O–H groups in total. The van der Waals surface area contributed by atoms with Crippen molar-refractivity contribution in [1.29, 1.82) is 0 Å². The Morgan fingerprint density at radius 3 is 2.48 bits per heavy atom. The second kappa shape index (κ2) is 7.31. The predicted molar refractivity (Wildman–Crippen MR) is 82.9 cm³/mol. The van der Waals surface area contributed by atoms with E-state index < -0.39 is 0 Å². The molecule has 0 aliphatic carbocycles. The summed E-state index contributed by atoms with van der Waals surface area (Å²) in [5.41, 5.74) is 2.26. The van der Waals surface area contributed by atoms with Gasteiger partial charge in [-0.2, -0.15) is 0 Å². The maximum Gasteiger partial charge on any atom is 0.323 e. The molecule has 0 aliphatic heterocycles. The molecule has 110 valence electrons. The molecule has 0 saturated carbocycles. The number of carbonyl (C=O) groups is 1. The quantitative estimate of drug-likeness (QED) is 0.791. The van der Waals surface area contributed by atoms with Gasteiger partial charge in [0.15, 0.2) is 0 Å². The lowest BCUT2D eigenvalue weighted by molar-refractivity contribution is 0.262. The van der Waals surface area contributed by atoms with E-state index in [0.29, 0.717) is 17.8 Å². The Balaban J connectivity index is 2.01. The third kappa shape index (κ3) is 4.22. The highest BCUT2D eigenvalue weighted by Crippen LogP contribution is 2.17. The van der Waals surface area contributed by atoms with E-state index in [1.54, 1.807) is 37.4 Å². The van der Waals surface area contributed by atoms with Gasteiger partial charge in [-0.15, -0.1) is 0 Å². The van der Waals surface area contributed by atoms with Crippen molar-refractivity contribution in [3.63, 3.8) is 0 Å². The van der Waals surface area contributed by atoms with Gasteiger partial charge in [0.05, 0.1) is 7.11 Å². The number of aliphatic hydroxyl groups excluding tert-OH is 1. The Morgan fingerprint density at radius 2 is 1.81 bits per heavy atom. The maximum absolute atomic E-state index is 12.0. The third-order valence-corrected chi connectivity index (χ3v) is 2.99. The Bertz CT molecular complexity index is 597. The normalized spacial score (nSPS) is 10.0. The molecule has 0 heterocycles. The molecule has 0 spiro atoms. The molecule has 0 aliphatic rings. The molecule has 2 aromatic carbocycles. The first kappa shape index (κ1) is 14.9. The molecule has 0 fully saturated rings. The number of carbonyl (C=O) groups excluding carboxylic acids is 1. The monoisotopic (exact) mass is 286 g/mol. The van der Waals surface area contributed by atoms with Gasteiger partial charge in [0.1, 0.15) is 5.75 Å². The summed E-state index contributed by atoms with van der Waals surface area (Å²) in [5, 5.41) is 14.5. The molecule has 2 amide bonds. The van der Waals surface area contributed by atoms with Crippen molar-refractivity contribution in [3.05, 3.63) is 54.1 Å². The standard InChI is InChI=1S/C16H18N2O3/c1-21-14-8-6-13(7-9-14)17-16(20)18-15-5-3-2-4-12(15)10-11-19/h2-9,19H,10-11H2,1H3,(H2,17,18,20). The number of hydrogen-bond acceptors (Lipinski definition) is 3. The van der Waals surface area contributed by atoms with Crippen LogP contribution in [0.2, 0.25) is 0 Å². The molecule has 0 unspecified atom stereocenters. The van der Waals surface area contributed by atoms with E-state index in [-0.39, 0.29) is 12.6 Å². The van der Waals surface area contributed by atoms with Gasteiger partial charge < -0.3 is 20.5 Å². The summed E-state index contributed by atoms with van der Waals surface area (Å²) < 4.78 is 5.06. The van der Waals surface area contributed by atoms with Gasteiger partial charge in [0.2, 0.25) is 0 Å². The molecular weight excluding hydrogens is 268 g/mol. The van der Waals surface area contributed by atoms with E-state index >= 15 is 0 Å². The topological polar surface area (TPSA) is 70.6 Å². The summed E-state index contributed by atoms with van der Waals surface area (Å²) in [4.78, 5) is 12.0. The number of methoxy groups -OCH3 is 1. The van der Waals surface area contributed by atoms with E-state index in [1.165, 1.54) is 0 Å². The summed E-state index contributed by atoms with van der Waals surface area (Å²) in [7, 11) is 1.59. The summed E-state index contributed by atoms with van der Waals surface area (Å²) >= 11 is 0. The van der Waals surface area contributed by atoms with Crippen LogP contribution < -0.4 is 15.4 Å². The van der Waals surface area contributed by atoms with Crippen LogP contribution in [-0.4, -0.2) is 24.9 Å². The fraction of sp³-hybridized carbons (Fsp3) is 0.188. The Labute approximate surface area is 123 Å². The average Bonchev–Trinajstić information content (AvgIpc) is 2.50. The van der Waals surface area contributed by atoms with Crippen LogP contribution in [0, 0.1) is 0 Å². The fourth-order valence-electron chi connectivity index (χ4n) is 1.94. The lowest BCUT2D eigenvalue weighted by Crippen LogP contribution is -2.20. The zero-order valence-corrected chi connectivity index (χ0v) is 11.8. The first-order valence-corrected chi connectivity index (χ1v) is 6.63. The molecule has 0 bridgehead atoms. The van der Waals surface area contributed by atoms with Gasteiger partial charge in [-0.05, 0) is 42.3 Å². The molecule has 0 aromatic heterocycles. The zero-order valence-electron chi connectivity index (χ0n) is 11.8. The second-order valence-corrected chi connectivity index (χ2v) is 4.44. The van der Waals surface area contributed by atoms with Gasteiger partial charge in [0.25, 0.3) is 0 Å². The summed E-state index contributed by atoms with van der Waals surface area (Å²) in [5.74, 6) is 0.731. The van der Waals surface area contributed by atoms with Crippen molar-refractivity contribution >= 4 is 17.4 Å². The molecule has 0 saturated heterocycles. The van der Waals surface area contributed by atoms with Crippen molar-refractivity contribution in [2.24, 2.45) is 0 Å². The Kier molecular flexibility index (Phi) is 5.17. The number of anilines is 2. The van der Waals surface area contributed by atoms with Crippen molar-refractivity contribution in [2.75, 3.05) is 24.4 Å². The van der Waals surface area contributed by atoms with Crippen LogP contribution in [0.25, 0.3) is 0 Å². The minimum Gasteiger partial charge on any atom is -0.497 e. The third-order valence-electron chi connectivity index (χ3n) is 2.99. The number of ether oxygens (including phenoxy) is 1. The van der Waals surface area contributed by atoms with Crippen LogP contribution >= 0.6 is 0 Å². The van der Waals surface area contributed by atoms with E-state index in [9.17, 15) is 4.79 Å². The van der Waals surface area contributed by atoms with E-state index in [0.717, 1.165) is 11.3 Å². The molecule has 5 heteroatoms. The summed E-state index contributed by atoms with van der Waals surface area (Å²) in [6, 6.07) is 14.1. The largest absolute Gasteiger partial charge is 0.497 e. The SMILES string of the molecule is COc1ccc(NC(=O)Nc2ccccc2CCO)cc1. The van der Waals surface area contributed by atoms with Gasteiger partial charge in [-0.3, -0.25) is 0 Å². The van der Waals surface area contributed by atoms with E-state index in [2.05, 4.69) is 10.6 Å². The van der Waals surface area contributed by atoms with Gasteiger partial charge >= 0.3 is 6.03 Å². The first-order valence-electron chi connectivity index (χ1n) is 6.63. The van der Waals surface area contributed by atoms with Crippen LogP contribution in [0.1, 0.15) is 5.56 Å². The average molecular weight is 286 g/mol. The summed E-state index contributed by atoms with van der Waals surface area (Å²) in [6.45, 7) is 0.0405. The molecule has 5 nitrogen and oxygen atoms in total. The molecule has 0 radical (unpaired) electrons. The highest BCUT2D eigenvalue weighted by molar-refractivity contribution is 6.00. The van der Waals surface area contributed by atoms with Gasteiger partial charge in [0, 0.05) is 18.0 Å². The van der Waals surface area contributed by atoms with E-state index in [1.807, 2.05) is 18.2 Å². The number of rotatable bonds is 5. The van der Waals surface area contributed by atoms with Crippen molar-refractivity contribution in [3.8, 4) is 5.75 Å². The first-order chi connectivity index (χ1) is 10.2. The van der Waals surface area contributed by atoms with Crippen LogP contribution in [0.4, 0.5) is 16.2 Å². The van der Waals surface area contributed by atoms with Crippen LogP contribution in [0.15, 0.2) is 48.5 Å². The smallest absolute Gasteiger partial charge is 0.323 e. The van der Waals surface area contributed by atoms with Crippen LogP contribution in [0.5, 0.6) is 5.75 Å². The van der Waals surface area contributed by atoms with Gasteiger partial charge in [-0.25, -0.2) is 4.79 Å². The molecular formula is C16H18N2O3. The van der Waals surface area contributed by atoms with Crippen molar-refractivity contribution in [1.82, 2.24) is 0 Å². The number of nitrogens with one attached hydrogen (secondary N) is 2. The van der Waals surface area contributed by atoms with Crippen molar-refractivity contribution in [2.45, 2.75) is 6.42 Å². The minimum absolute atomic E-state index is 0.0405. The maximum atomic E-state index is 12.0. The molecule has 0 atom stereocenters. The fourth-order valence-corrected chi connectivity index (χ4v) is 1.94. The number of hydrogen-bond donors (Lipinski definition) is 3. The highest BCUT2D eigenvalue weighted by atomic mass is 16.5. The number of urea groups is 1. The zero-order chi connectivity index (χ0) is 15.1. The van der Waals surface area contributed by atoms with E-state index in [4.69, 9.17) is 9.84 Å². The Hall–Kier alpha value is -2.53. The number of aliphatic hydroxyl groups is 1. The number of benzene rings is 2. The van der Waals surface area contributed by atoms with Crippen molar-refractivity contribution < 1.29 is 14.6 Å². The van der Waals surface area contributed by atoms with Crippen LogP contribution in [0.3, 0.4) is 0 Å². The summed E-state index contributed by atoms with van der Waals surface area (Å²) in [6.07, 6.45) is 0.499. The molecule has 2 rings (SSSR count). The van der Waals surface area contributed by atoms with Gasteiger partial charge in [-0.1, -0.05) is 18.2 Å². The predicted octanol–water partition coefficient (Wildman–Crippen LogP) is 2.87. The Morgan fingerprint density at radius 1 is 1.10 bits per heavy atom. The second-order valence-electron chi connectivity index (χ2n) is 4.44. The number of amides is 2. The highest BCUT2D eigenvalue weighted by Gasteiger charge is 2.06. The van der Waals surface area contributed by atoms with Crippen LogP contribution in [-0.2, 0) is 6.42 Å². The lowest BCUT2D eigenvalue weighted by atomic mass is 10.1.